The summed E-state index contributed by atoms with van der Waals surface area (Å²) in [5.41, 5.74) is -3.79. The molecule has 0 bridgehead atoms. The van der Waals surface area contributed by atoms with Crippen molar-refractivity contribution in [3.63, 3.8) is 0 Å². The molecule has 11 heteroatoms. The first-order chi connectivity index (χ1) is 12.5. The lowest BCUT2D eigenvalue weighted by molar-refractivity contribution is 0.406. The van der Waals surface area contributed by atoms with Crippen LogP contribution in [0.4, 0.5) is 48.3 Å². The van der Waals surface area contributed by atoms with Crippen molar-refractivity contribution in [1.29, 1.82) is 0 Å². The zero-order chi connectivity index (χ0) is 20.4. The van der Waals surface area contributed by atoms with Gasteiger partial charge in [-0.3, -0.25) is 0 Å². The zero-order valence-corrected chi connectivity index (χ0v) is 12.2. The van der Waals surface area contributed by atoms with Gasteiger partial charge in [-0.15, -0.1) is 0 Å². The van der Waals surface area contributed by atoms with Crippen LogP contribution in [0, 0.1) is 70.1 Å². The molecule has 0 aliphatic heterocycles. The largest absolute Gasteiger partial charge is 0.203 e. The first-order valence-corrected chi connectivity index (χ1v) is 6.58. The van der Waals surface area contributed by atoms with Crippen LogP contribution in [0.15, 0.2) is 0 Å². The summed E-state index contributed by atoms with van der Waals surface area (Å²) in [6.45, 7) is 0. The van der Waals surface area contributed by atoms with Crippen LogP contribution in [-0.4, -0.2) is 0 Å². The minimum atomic E-state index is -2.63. The van der Waals surface area contributed by atoms with Crippen molar-refractivity contribution < 1.29 is 48.3 Å². The lowest BCUT2D eigenvalue weighted by Crippen LogP contribution is -2.08. The Morgan fingerprint density at radius 3 is 1.30 bits per heavy atom. The highest BCUT2D eigenvalue weighted by Crippen LogP contribution is 2.41. The van der Waals surface area contributed by atoms with Gasteiger partial charge in [0.25, 0.3) is 0 Å². The molecule has 0 N–H and O–H groups in total. The molecule has 0 saturated heterocycles. The van der Waals surface area contributed by atoms with E-state index in [0.29, 0.717) is 0 Å². The summed E-state index contributed by atoms with van der Waals surface area (Å²) in [7, 11) is 0. The first-order valence-electron chi connectivity index (χ1n) is 6.58. The highest BCUT2D eigenvalue weighted by Gasteiger charge is 2.33. The van der Waals surface area contributed by atoms with E-state index in [1.165, 1.54) is 0 Å². The number of hydrogen-bond acceptors (Lipinski definition) is 0. The van der Waals surface area contributed by atoms with Crippen molar-refractivity contribution in [3.8, 4) is 11.1 Å². The van der Waals surface area contributed by atoms with Crippen LogP contribution in [0.2, 0.25) is 0 Å². The van der Waals surface area contributed by atoms with Gasteiger partial charge < -0.3 is 0 Å². The molecule has 0 aromatic heterocycles. The van der Waals surface area contributed by atoms with E-state index in [0.717, 1.165) is 6.07 Å². The molecule has 3 aromatic rings. The van der Waals surface area contributed by atoms with E-state index in [2.05, 4.69) is 0 Å². The Labute approximate surface area is 141 Å². The van der Waals surface area contributed by atoms with Crippen molar-refractivity contribution in [2.75, 3.05) is 0 Å². The zero-order valence-electron chi connectivity index (χ0n) is 12.2. The second kappa shape index (κ2) is 6.10. The highest BCUT2D eigenvalue weighted by molar-refractivity contribution is 5.98. The lowest BCUT2D eigenvalue weighted by atomic mass is 9.95. The van der Waals surface area contributed by atoms with Crippen LogP contribution in [-0.2, 0) is 0 Å². The summed E-state index contributed by atoms with van der Waals surface area (Å²) in [6, 6.07) is 1.07. The maximum absolute atomic E-state index is 14.1. The minimum absolute atomic E-state index is 1.07. The molecule has 0 saturated carbocycles. The molecule has 3 aromatic carbocycles. The number of halogens is 11. The van der Waals surface area contributed by atoms with Crippen molar-refractivity contribution in [1.82, 2.24) is 0 Å². The standard InChI is InChI=1S/C16F11/c17-3-1-2(7(18)13(24)8(3)19)4-5-6(11(22)14(25)9(4)20)12(23)16(27)15(26)10(5)21. The summed E-state index contributed by atoms with van der Waals surface area (Å²) in [5, 5.41) is -3.92. The van der Waals surface area contributed by atoms with E-state index < -0.39 is 85.9 Å². The van der Waals surface area contributed by atoms with Crippen LogP contribution < -0.4 is 0 Å². The van der Waals surface area contributed by atoms with Crippen molar-refractivity contribution >= 4 is 10.8 Å². The molecule has 0 spiro atoms. The predicted molar refractivity (Wildman–Crippen MR) is 67.8 cm³/mol. The van der Waals surface area contributed by atoms with E-state index >= 15 is 0 Å². The Bertz CT molecular complexity index is 1130. The fraction of sp³-hybridized carbons (Fsp3) is 0. The monoisotopic (exact) mass is 401 g/mol. The second-order valence-corrected chi connectivity index (χ2v) is 5.08. The Morgan fingerprint density at radius 2 is 0.778 bits per heavy atom. The van der Waals surface area contributed by atoms with Gasteiger partial charge in [-0.25, -0.2) is 48.3 Å². The molecule has 3 rings (SSSR count). The third kappa shape index (κ3) is 2.44. The predicted octanol–water partition coefficient (Wildman–Crippen LogP) is 5.84. The van der Waals surface area contributed by atoms with Gasteiger partial charge in [0.15, 0.2) is 64.0 Å². The molecular formula is C16F11. The van der Waals surface area contributed by atoms with E-state index in [4.69, 9.17) is 0 Å². The second-order valence-electron chi connectivity index (χ2n) is 5.08. The highest BCUT2D eigenvalue weighted by atomic mass is 19.2. The van der Waals surface area contributed by atoms with Gasteiger partial charge in [0.05, 0.1) is 5.39 Å². The van der Waals surface area contributed by atoms with E-state index in [9.17, 15) is 48.3 Å². The molecular weight excluding hydrogens is 401 g/mol. The number of fused-ring (bicyclic) bond motifs is 1. The lowest BCUT2D eigenvalue weighted by Gasteiger charge is -2.14. The quantitative estimate of drug-likeness (QED) is 0.273. The maximum atomic E-state index is 14.1. The minimum Gasteiger partial charge on any atom is -0.203 e. The van der Waals surface area contributed by atoms with E-state index in [1.54, 1.807) is 0 Å². The molecule has 0 aliphatic rings. The normalized spacial score (nSPS) is 11.5. The molecule has 0 aliphatic carbocycles. The molecule has 0 atom stereocenters. The van der Waals surface area contributed by atoms with Crippen LogP contribution in [0.3, 0.4) is 0 Å². The fourth-order valence-electron chi connectivity index (χ4n) is 2.43. The van der Waals surface area contributed by atoms with Crippen LogP contribution in [0.1, 0.15) is 0 Å². The Kier molecular flexibility index (Phi) is 4.28. The summed E-state index contributed by atoms with van der Waals surface area (Å²) >= 11 is 0. The summed E-state index contributed by atoms with van der Waals surface area (Å²) in [6.07, 6.45) is 0. The average Bonchev–Trinajstić information content (AvgIpc) is 2.64. The van der Waals surface area contributed by atoms with E-state index in [-0.39, 0.29) is 0 Å². The number of hydrogen-bond donors (Lipinski definition) is 0. The number of benzene rings is 3. The van der Waals surface area contributed by atoms with Gasteiger partial charge in [-0.2, -0.15) is 0 Å². The molecule has 0 heterocycles. The first kappa shape index (κ1) is 18.9. The smallest absolute Gasteiger partial charge is 0.198 e. The number of rotatable bonds is 1. The summed E-state index contributed by atoms with van der Waals surface area (Å²) in [4.78, 5) is 0. The van der Waals surface area contributed by atoms with Crippen LogP contribution in [0.25, 0.3) is 21.9 Å². The van der Waals surface area contributed by atoms with Crippen molar-refractivity contribution in [2.24, 2.45) is 0 Å². The Morgan fingerprint density at radius 1 is 0.370 bits per heavy atom. The van der Waals surface area contributed by atoms with E-state index in [1.807, 2.05) is 0 Å². The van der Waals surface area contributed by atoms with Crippen LogP contribution >= 0.6 is 0 Å². The van der Waals surface area contributed by atoms with Gasteiger partial charge in [0, 0.05) is 22.6 Å². The third-order valence-corrected chi connectivity index (χ3v) is 3.62. The summed E-state index contributed by atoms with van der Waals surface area (Å²) in [5.74, 6) is -27.7. The Balaban J connectivity index is 2.68. The molecule has 141 valence electrons. The van der Waals surface area contributed by atoms with Gasteiger partial charge >= 0.3 is 0 Å². The molecule has 27 heavy (non-hydrogen) atoms. The summed E-state index contributed by atoms with van der Waals surface area (Å²) < 4.78 is 150. The third-order valence-electron chi connectivity index (χ3n) is 3.62. The van der Waals surface area contributed by atoms with Crippen LogP contribution in [0.5, 0.6) is 0 Å². The SMILES string of the molecule is Fc1[c]c(-c2c(F)c(F)c(F)c3c(F)c(F)c(F)c(F)c23)c(F)c(F)c1F. The van der Waals surface area contributed by atoms with Gasteiger partial charge in [-0.1, -0.05) is 0 Å². The molecule has 0 unspecified atom stereocenters. The van der Waals surface area contributed by atoms with Crippen molar-refractivity contribution in [2.45, 2.75) is 0 Å². The maximum Gasteiger partial charge on any atom is 0.198 e. The molecule has 0 nitrogen and oxygen atoms in total. The molecule has 0 amide bonds. The van der Waals surface area contributed by atoms with Crippen molar-refractivity contribution in [3.05, 3.63) is 70.1 Å². The average molecular weight is 401 g/mol. The Hall–Kier alpha value is -2.85. The molecule has 1 radical (unpaired) electrons. The van der Waals surface area contributed by atoms with Gasteiger partial charge in [0.1, 0.15) is 0 Å². The molecule has 0 fully saturated rings. The topological polar surface area (TPSA) is 0 Å². The van der Waals surface area contributed by atoms with Gasteiger partial charge in [-0.05, 0) is 0 Å². The van der Waals surface area contributed by atoms with Gasteiger partial charge in [0.2, 0.25) is 0 Å². The fourth-order valence-corrected chi connectivity index (χ4v) is 2.43.